The zero-order valence-corrected chi connectivity index (χ0v) is 6.67. The summed E-state index contributed by atoms with van der Waals surface area (Å²) in [6, 6.07) is 9.94. The van der Waals surface area contributed by atoms with Gasteiger partial charge in [-0.05, 0) is 18.1 Å². The second-order valence-electron chi connectivity index (χ2n) is 2.52. The van der Waals surface area contributed by atoms with Gasteiger partial charge in [0, 0.05) is 0 Å². The molecular formula is C10H11N. The Morgan fingerprint density at radius 3 is 2.73 bits per heavy atom. The fourth-order valence-corrected chi connectivity index (χ4v) is 1.12. The van der Waals surface area contributed by atoms with Crippen molar-refractivity contribution in [2.75, 3.05) is 0 Å². The topological polar surface area (TPSA) is 23.8 Å². The van der Waals surface area contributed by atoms with Crippen molar-refractivity contribution in [3.63, 3.8) is 0 Å². The monoisotopic (exact) mass is 145 g/mol. The molecule has 0 aliphatic rings. The van der Waals surface area contributed by atoms with Gasteiger partial charge in [0.15, 0.2) is 0 Å². The Morgan fingerprint density at radius 1 is 1.36 bits per heavy atom. The first kappa shape index (κ1) is 7.81. The Morgan fingerprint density at radius 2 is 2.09 bits per heavy atom. The molecule has 0 radical (unpaired) electrons. The maximum absolute atomic E-state index is 8.70. The first-order chi connectivity index (χ1) is 5.38. The molecule has 0 aromatic heterocycles. The van der Waals surface area contributed by atoms with Crippen LogP contribution >= 0.6 is 0 Å². The highest BCUT2D eigenvalue weighted by molar-refractivity contribution is 5.37. The van der Waals surface area contributed by atoms with Crippen molar-refractivity contribution >= 4 is 0 Å². The van der Waals surface area contributed by atoms with Gasteiger partial charge in [-0.3, -0.25) is 0 Å². The van der Waals surface area contributed by atoms with Gasteiger partial charge < -0.3 is 0 Å². The van der Waals surface area contributed by atoms with E-state index in [4.69, 9.17) is 5.26 Å². The van der Waals surface area contributed by atoms with Crippen molar-refractivity contribution in [3.8, 4) is 6.07 Å². The van der Waals surface area contributed by atoms with E-state index in [1.807, 2.05) is 24.3 Å². The summed E-state index contributed by atoms with van der Waals surface area (Å²) in [7, 11) is 0. The van der Waals surface area contributed by atoms with E-state index in [2.05, 4.69) is 13.0 Å². The largest absolute Gasteiger partial charge is 0.192 e. The van der Waals surface area contributed by atoms with Crippen LogP contribution in [0.25, 0.3) is 0 Å². The highest BCUT2D eigenvalue weighted by Crippen LogP contribution is 2.08. The van der Waals surface area contributed by atoms with Crippen LogP contribution in [0.3, 0.4) is 0 Å². The molecule has 0 aliphatic carbocycles. The fourth-order valence-electron chi connectivity index (χ4n) is 1.12. The molecule has 0 spiro atoms. The Hall–Kier alpha value is -1.29. The second kappa shape index (κ2) is 3.78. The van der Waals surface area contributed by atoms with Crippen LogP contribution in [-0.4, -0.2) is 0 Å². The van der Waals surface area contributed by atoms with E-state index in [0.29, 0.717) is 0 Å². The molecule has 1 nitrogen and oxygen atoms in total. The molecule has 0 amide bonds. The predicted molar refractivity (Wildman–Crippen MR) is 45.2 cm³/mol. The van der Waals surface area contributed by atoms with E-state index in [0.717, 1.165) is 24.0 Å². The summed E-state index contributed by atoms with van der Waals surface area (Å²) in [5.74, 6) is 0. The first-order valence-corrected chi connectivity index (χ1v) is 3.86. The maximum atomic E-state index is 8.70. The summed E-state index contributed by atoms with van der Waals surface area (Å²) in [5, 5.41) is 8.70. The normalized spacial score (nSPS) is 9.09. The minimum atomic E-state index is 0.814. The van der Waals surface area contributed by atoms with E-state index in [-0.39, 0.29) is 0 Å². The number of hydrogen-bond donors (Lipinski definition) is 0. The number of hydrogen-bond acceptors (Lipinski definition) is 1. The molecule has 0 unspecified atom stereocenters. The third kappa shape index (κ3) is 1.81. The fraction of sp³-hybridized carbons (Fsp3) is 0.300. The van der Waals surface area contributed by atoms with Gasteiger partial charge in [-0.25, -0.2) is 0 Å². The molecule has 11 heavy (non-hydrogen) atoms. The smallest absolute Gasteiger partial charge is 0.0994 e. The summed E-state index contributed by atoms with van der Waals surface area (Å²) in [4.78, 5) is 0. The zero-order valence-electron chi connectivity index (χ0n) is 6.67. The van der Waals surface area contributed by atoms with Crippen LogP contribution in [-0.2, 0) is 6.42 Å². The Kier molecular flexibility index (Phi) is 2.68. The molecule has 0 bridgehead atoms. The highest BCUT2D eigenvalue weighted by Gasteiger charge is 1.96. The minimum Gasteiger partial charge on any atom is -0.192 e. The van der Waals surface area contributed by atoms with E-state index in [9.17, 15) is 0 Å². The molecule has 1 heteroatoms. The SMILES string of the molecule is CCCc1ccccc1C#N. The Balaban J connectivity index is 2.95. The van der Waals surface area contributed by atoms with E-state index in [1.54, 1.807) is 0 Å². The summed E-state index contributed by atoms with van der Waals surface area (Å²) < 4.78 is 0. The summed E-state index contributed by atoms with van der Waals surface area (Å²) >= 11 is 0. The van der Waals surface area contributed by atoms with Crippen LogP contribution in [0.4, 0.5) is 0 Å². The van der Waals surface area contributed by atoms with Crippen LogP contribution in [0.5, 0.6) is 0 Å². The lowest BCUT2D eigenvalue weighted by molar-refractivity contribution is 0.918. The van der Waals surface area contributed by atoms with Crippen LogP contribution < -0.4 is 0 Å². The third-order valence-corrected chi connectivity index (χ3v) is 1.66. The number of aryl methyl sites for hydroxylation is 1. The molecule has 1 aromatic carbocycles. The zero-order chi connectivity index (χ0) is 8.10. The molecule has 56 valence electrons. The second-order valence-corrected chi connectivity index (χ2v) is 2.52. The molecular weight excluding hydrogens is 134 g/mol. The molecule has 0 fully saturated rings. The lowest BCUT2D eigenvalue weighted by Gasteiger charge is -1.98. The van der Waals surface area contributed by atoms with Crippen molar-refractivity contribution in [1.82, 2.24) is 0 Å². The van der Waals surface area contributed by atoms with Gasteiger partial charge in [-0.2, -0.15) is 5.26 Å². The number of rotatable bonds is 2. The molecule has 0 N–H and O–H groups in total. The standard InChI is InChI=1S/C10H11N/c1-2-5-9-6-3-4-7-10(9)8-11/h3-4,6-7H,2,5H2,1H3. The van der Waals surface area contributed by atoms with Gasteiger partial charge in [0.05, 0.1) is 11.6 Å². The van der Waals surface area contributed by atoms with Gasteiger partial charge >= 0.3 is 0 Å². The van der Waals surface area contributed by atoms with E-state index >= 15 is 0 Å². The van der Waals surface area contributed by atoms with Crippen molar-refractivity contribution < 1.29 is 0 Å². The number of benzene rings is 1. The van der Waals surface area contributed by atoms with E-state index in [1.165, 1.54) is 0 Å². The van der Waals surface area contributed by atoms with Crippen molar-refractivity contribution in [2.24, 2.45) is 0 Å². The Labute approximate surface area is 67.3 Å². The van der Waals surface area contributed by atoms with Crippen LogP contribution in [0.1, 0.15) is 24.5 Å². The summed E-state index contributed by atoms with van der Waals surface area (Å²) in [6.07, 6.45) is 2.10. The van der Waals surface area contributed by atoms with Gasteiger partial charge in [0.1, 0.15) is 0 Å². The number of nitriles is 1. The number of nitrogens with zero attached hydrogens (tertiary/aromatic N) is 1. The van der Waals surface area contributed by atoms with Crippen LogP contribution in [0.2, 0.25) is 0 Å². The summed E-state index contributed by atoms with van der Waals surface area (Å²) in [5.41, 5.74) is 1.98. The van der Waals surface area contributed by atoms with Crippen molar-refractivity contribution in [1.29, 1.82) is 5.26 Å². The molecule has 1 aromatic rings. The average Bonchev–Trinajstić information content (AvgIpc) is 2.06. The maximum Gasteiger partial charge on any atom is 0.0994 e. The molecule has 0 saturated heterocycles. The quantitative estimate of drug-likeness (QED) is 0.627. The van der Waals surface area contributed by atoms with Crippen molar-refractivity contribution in [3.05, 3.63) is 35.4 Å². The minimum absolute atomic E-state index is 0.814. The predicted octanol–water partition coefficient (Wildman–Crippen LogP) is 2.51. The third-order valence-electron chi connectivity index (χ3n) is 1.66. The van der Waals surface area contributed by atoms with Gasteiger partial charge in [0.2, 0.25) is 0 Å². The van der Waals surface area contributed by atoms with Crippen LogP contribution in [0, 0.1) is 11.3 Å². The average molecular weight is 145 g/mol. The van der Waals surface area contributed by atoms with Crippen molar-refractivity contribution in [2.45, 2.75) is 19.8 Å². The lowest BCUT2D eigenvalue weighted by atomic mass is 10.0. The lowest BCUT2D eigenvalue weighted by Crippen LogP contribution is -1.87. The van der Waals surface area contributed by atoms with Gasteiger partial charge in [0.25, 0.3) is 0 Å². The molecule has 0 aliphatic heterocycles. The molecule has 0 saturated carbocycles. The summed E-state index contributed by atoms with van der Waals surface area (Å²) in [6.45, 7) is 2.12. The first-order valence-electron chi connectivity index (χ1n) is 3.86. The molecule has 0 heterocycles. The Bertz CT molecular complexity index is 270. The molecule has 0 atom stereocenters. The van der Waals surface area contributed by atoms with E-state index < -0.39 is 0 Å². The molecule has 1 rings (SSSR count). The highest BCUT2D eigenvalue weighted by atomic mass is 14.2. The van der Waals surface area contributed by atoms with Crippen LogP contribution in [0.15, 0.2) is 24.3 Å². The van der Waals surface area contributed by atoms with Gasteiger partial charge in [-0.15, -0.1) is 0 Å². The van der Waals surface area contributed by atoms with Gasteiger partial charge in [-0.1, -0.05) is 31.5 Å².